The minimum atomic E-state index is -0.945. The molecule has 8 nitrogen and oxygen atoms in total. The summed E-state index contributed by atoms with van der Waals surface area (Å²) in [6, 6.07) is 4.35. The third-order valence-electron chi connectivity index (χ3n) is 6.09. The monoisotopic (exact) mass is 475 g/mol. The zero-order chi connectivity index (χ0) is 25.5. The zero-order valence-electron chi connectivity index (χ0n) is 21.4. The molecule has 1 aliphatic carbocycles. The largest absolute Gasteiger partial charge is 0.508 e. The summed E-state index contributed by atoms with van der Waals surface area (Å²) in [4.78, 5) is 41.1. The molecule has 0 aromatic heterocycles. The predicted octanol–water partition coefficient (Wildman–Crippen LogP) is 4.42. The maximum absolute atomic E-state index is 13.7. The van der Waals surface area contributed by atoms with E-state index >= 15 is 0 Å². The fourth-order valence-electron chi connectivity index (χ4n) is 4.23. The van der Waals surface area contributed by atoms with E-state index in [9.17, 15) is 19.5 Å². The number of ether oxygens (including phenoxy) is 1. The Kier molecular flexibility index (Phi) is 9.77. The van der Waals surface area contributed by atoms with E-state index < -0.39 is 29.7 Å². The fourth-order valence-corrected chi connectivity index (χ4v) is 4.23. The first-order valence-electron chi connectivity index (χ1n) is 12.3. The van der Waals surface area contributed by atoms with Gasteiger partial charge in [-0.15, -0.1) is 0 Å². The van der Waals surface area contributed by atoms with E-state index in [0.29, 0.717) is 12.0 Å². The van der Waals surface area contributed by atoms with E-state index in [-0.39, 0.29) is 23.7 Å². The summed E-state index contributed by atoms with van der Waals surface area (Å²) in [5.74, 6) is -0.660. The average Bonchev–Trinajstić information content (AvgIpc) is 2.75. The second-order valence-electron chi connectivity index (χ2n) is 10.2. The van der Waals surface area contributed by atoms with Crippen molar-refractivity contribution in [3.63, 3.8) is 0 Å². The number of nitrogens with one attached hydrogen (secondary N) is 2. The van der Waals surface area contributed by atoms with Crippen LogP contribution in [-0.2, 0) is 14.3 Å². The maximum atomic E-state index is 13.7. The summed E-state index contributed by atoms with van der Waals surface area (Å²) < 4.78 is 5.30. The first-order chi connectivity index (χ1) is 15.9. The van der Waals surface area contributed by atoms with Gasteiger partial charge in [0.1, 0.15) is 23.4 Å². The molecule has 0 saturated heterocycles. The lowest BCUT2D eigenvalue weighted by Crippen LogP contribution is -2.55. The van der Waals surface area contributed by atoms with Crippen molar-refractivity contribution in [1.29, 1.82) is 0 Å². The molecule has 3 atom stereocenters. The van der Waals surface area contributed by atoms with Crippen LogP contribution in [0.5, 0.6) is 5.75 Å². The number of alkyl carbamates (subject to hydrolysis) is 1. The van der Waals surface area contributed by atoms with Crippen LogP contribution in [0.25, 0.3) is 0 Å². The molecule has 3 unspecified atom stereocenters. The molecule has 1 aromatic rings. The van der Waals surface area contributed by atoms with Gasteiger partial charge in [0.05, 0.1) is 0 Å². The summed E-state index contributed by atoms with van der Waals surface area (Å²) in [7, 11) is 0. The number of benzene rings is 1. The molecule has 3 N–H and O–H groups in total. The van der Waals surface area contributed by atoms with Crippen molar-refractivity contribution in [1.82, 2.24) is 15.5 Å². The van der Waals surface area contributed by atoms with Gasteiger partial charge in [-0.05, 0) is 71.6 Å². The Balaban J connectivity index is 2.37. The van der Waals surface area contributed by atoms with Gasteiger partial charge in [-0.25, -0.2) is 4.79 Å². The van der Waals surface area contributed by atoms with Gasteiger partial charge in [-0.3, -0.25) is 9.59 Å². The number of carbonyl (C=O) groups is 3. The summed E-state index contributed by atoms with van der Waals surface area (Å²) in [6.07, 6.45) is 5.01. The minimum Gasteiger partial charge on any atom is -0.508 e. The summed E-state index contributed by atoms with van der Waals surface area (Å²) in [5, 5.41) is 15.8. The van der Waals surface area contributed by atoms with Crippen LogP contribution < -0.4 is 10.6 Å². The van der Waals surface area contributed by atoms with Crippen LogP contribution in [0.2, 0.25) is 0 Å². The van der Waals surface area contributed by atoms with Crippen molar-refractivity contribution in [2.24, 2.45) is 0 Å². The summed E-state index contributed by atoms with van der Waals surface area (Å²) in [6.45, 7) is 10.6. The van der Waals surface area contributed by atoms with Crippen molar-refractivity contribution >= 4 is 17.9 Å². The van der Waals surface area contributed by atoms with Gasteiger partial charge in [0.15, 0.2) is 0 Å². The third kappa shape index (κ3) is 7.92. The molecule has 3 amide bonds. The van der Waals surface area contributed by atoms with Crippen molar-refractivity contribution in [2.75, 3.05) is 0 Å². The van der Waals surface area contributed by atoms with Gasteiger partial charge >= 0.3 is 6.09 Å². The second kappa shape index (κ2) is 12.1. The normalized spacial score (nSPS) is 17.2. The zero-order valence-corrected chi connectivity index (χ0v) is 21.4. The molecule has 0 aliphatic heterocycles. The van der Waals surface area contributed by atoms with Crippen molar-refractivity contribution in [3.8, 4) is 5.75 Å². The molecule has 2 rings (SSSR count). The molecule has 1 saturated carbocycles. The number of nitrogens with zero attached hydrogens (tertiary/aromatic N) is 1. The number of phenolic OH excluding ortho intramolecular Hbond substituents is 1. The van der Waals surface area contributed by atoms with Crippen LogP contribution in [0.4, 0.5) is 4.79 Å². The number of amides is 3. The van der Waals surface area contributed by atoms with Crippen LogP contribution in [0.15, 0.2) is 24.3 Å². The molecule has 1 aromatic carbocycles. The highest BCUT2D eigenvalue weighted by Gasteiger charge is 2.38. The smallest absolute Gasteiger partial charge is 0.408 e. The van der Waals surface area contributed by atoms with Crippen LogP contribution in [0.3, 0.4) is 0 Å². The van der Waals surface area contributed by atoms with Crippen molar-refractivity contribution in [2.45, 2.75) is 110 Å². The van der Waals surface area contributed by atoms with Crippen molar-refractivity contribution < 1.29 is 24.2 Å². The Bertz CT molecular complexity index is 845. The van der Waals surface area contributed by atoms with Gasteiger partial charge in [-0.1, -0.05) is 38.3 Å². The Hall–Kier alpha value is -2.77. The van der Waals surface area contributed by atoms with Crippen LogP contribution in [0, 0.1) is 0 Å². The number of rotatable bonds is 8. The number of aromatic hydroxyl groups is 1. The molecule has 0 heterocycles. The molecular formula is C26H41N3O5. The lowest BCUT2D eigenvalue weighted by Gasteiger charge is -2.38. The van der Waals surface area contributed by atoms with E-state index in [4.69, 9.17) is 4.74 Å². The number of carbonyl (C=O) groups excluding carboxylic acids is 3. The van der Waals surface area contributed by atoms with E-state index in [2.05, 4.69) is 10.6 Å². The van der Waals surface area contributed by atoms with E-state index in [1.165, 1.54) is 17.0 Å². The SMILES string of the molecule is CCC(C)N(C(=O)C(C)NC(=O)OC(C)(C)C)C(C(=O)NC1CCCCC1)c1cccc(O)c1. The highest BCUT2D eigenvalue weighted by molar-refractivity contribution is 5.92. The van der Waals surface area contributed by atoms with E-state index in [1.807, 2.05) is 13.8 Å². The standard InChI is InChI=1S/C26H41N3O5/c1-7-17(2)29(24(32)18(3)27-25(33)34-26(4,5)6)22(19-12-11-15-21(30)16-19)23(31)28-20-13-9-8-10-14-20/h11-12,15-18,20,22,30H,7-10,13-14H2,1-6H3,(H,27,33)(H,28,31). The highest BCUT2D eigenvalue weighted by atomic mass is 16.6. The Morgan fingerprint density at radius 3 is 2.35 bits per heavy atom. The predicted molar refractivity (Wildman–Crippen MR) is 131 cm³/mol. The molecule has 1 aliphatic rings. The fraction of sp³-hybridized carbons (Fsp3) is 0.654. The number of hydrogen-bond donors (Lipinski definition) is 3. The van der Waals surface area contributed by atoms with Gasteiger partial charge < -0.3 is 25.4 Å². The van der Waals surface area contributed by atoms with E-state index in [0.717, 1.165) is 32.1 Å². The van der Waals surface area contributed by atoms with Crippen LogP contribution >= 0.6 is 0 Å². The summed E-state index contributed by atoms with van der Waals surface area (Å²) >= 11 is 0. The lowest BCUT2D eigenvalue weighted by atomic mass is 9.94. The quantitative estimate of drug-likeness (QED) is 0.516. The molecule has 190 valence electrons. The van der Waals surface area contributed by atoms with Crippen LogP contribution in [0.1, 0.15) is 91.7 Å². The highest BCUT2D eigenvalue weighted by Crippen LogP contribution is 2.29. The molecule has 0 spiro atoms. The molecule has 1 fully saturated rings. The number of phenols is 1. The average molecular weight is 476 g/mol. The first-order valence-corrected chi connectivity index (χ1v) is 12.3. The molecule has 34 heavy (non-hydrogen) atoms. The summed E-state index contributed by atoms with van der Waals surface area (Å²) in [5.41, 5.74) is -0.181. The molecule has 0 radical (unpaired) electrons. The van der Waals surface area contributed by atoms with E-state index in [1.54, 1.807) is 39.8 Å². The topological polar surface area (TPSA) is 108 Å². The van der Waals surface area contributed by atoms with Gasteiger partial charge in [0.25, 0.3) is 0 Å². The number of hydrogen-bond acceptors (Lipinski definition) is 5. The first kappa shape index (κ1) is 27.5. The Morgan fingerprint density at radius 1 is 1.15 bits per heavy atom. The molecule has 0 bridgehead atoms. The minimum absolute atomic E-state index is 0.0180. The van der Waals surface area contributed by atoms with Crippen molar-refractivity contribution in [3.05, 3.63) is 29.8 Å². The molecular weight excluding hydrogens is 434 g/mol. The lowest BCUT2D eigenvalue weighted by molar-refractivity contribution is -0.145. The van der Waals surface area contributed by atoms with Gasteiger partial charge in [-0.2, -0.15) is 0 Å². The second-order valence-corrected chi connectivity index (χ2v) is 10.2. The van der Waals surface area contributed by atoms with Crippen LogP contribution in [-0.4, -0.2) is 51.6 Å². The Labute approximate surface area is 203 Å². The maximum Gasteiger partial charge on any atom is 0.408 e. The third-order valence-corrected chi connectivity index (χ3v) is 6.09. The van der Waals surface area contributed by atoms with Gasteiger partial charge in [0.2, 0.25) is 11.8 Å². The molecule has 8 heteroatoms. The Morgan fingerprint density at radius 2 is 1.79 bits per heavy atom. The van der Waals surface area contributed by atoms with Gasteiger partial charge in [0, 0.05) is 12.1 Å².